The Labute approximate surface area is 170 Å². The normalized spacial score (nSPS) is 22.3. The number of carbonyl (C=O) groups is 2. The van der Waals surface area contributed by atoms with Crippen molar-refractivity contribution in [3.05, 3.63) is 77.4 Å². The Hall–Kier alpha value is -3.21. The Bertz CT molecular complexity index is 951. The van der Waals surface area contributed by atoms with E-state index in [4.69, 9.17) is 5.10 Å². The van der Waals surface area contributed by atoms with Crippen LogP contribution in [0.1, 0.15) is 49.3 Å². The summed E-state index contributed by atoms with van der Waals surface area (Å²) in [5, 5.41) is 17.1. The smallest absolute Gasteiger partial charge is 0.243 e. The maximum atomic E-state index is 12.9. The highest BCUT2D eigenvalue weighted by atomic mass is 16.4. The average molecular weight is 387 g/mol. The van der Waals surface area contributed by atoms with Crippen molar-refractivity contribution in [3.8, 4) is 0 Å². The third kappa shape index (κ3) is 4.14. The molecule has 2 aliphatic rings. The molecule has 2 aromatic rings. The number of hydrogen-bond acceptors (Lipinski definition) is 4. The van der Waals surface area contributed by atoms with E-state index >= 15 is 0 Å². The largest absolute Gasteiger partial charge is 0.550 e. The highest BCUT2D eigenvalue weighted by molar-refractivity contribution is 6.08. The molecule has 2 aromatic carbocycles. The molecular formula is C24H23N2O3-. The molecule has 1 saturated carbocycles. The van der Waals surface area contributed by atoms with Gasteiger partial charge in [0.2, 0.25) is 5.91 Å². The molecule has 0 spiro atoms. The lowest BCUT2D eigenvalue weighted by molar-refractivity contribution is -0.305. The lowest BCUT2D eigenvalue weighted by Gasteiger charge is -2.29. The average Bonchev–Trinajstić information content (AvgIpc) is 3.14. The predicted molar refractivity (Wildman–Crippen MR) is 109 cm³/mol. The van der Waals surface area contributed by atoms with Gasteiger partial charge in [-0.05, 0) is 48.5 Å². The summed E-state index contributed by atoms with van der Waals surface area (Å²) >= 11 is 0. The fraction of sp³-hybridized carbons (Fsp3) is 0.292. The lowest BCUT2D eigenvalue weighted by atomic mass is 9.77. The molecule has 0 radical (unpaired) electrons. The van der Waals surface area contributed by atoms with Gasteiger partial charge in [-0.25, -0.2) is 5.01 Å². The Morgan fingerprint density at radius 1 is 1.03 bits per heavy atom. The number of benzene rings is 2. The van der Waals surface area contributed by atoms with Gasteiger partial charge >= 0.3 is 0 Å². The Morgan fingerprint density at radius 2 is 1.72 bits per heavy atom. The van der Waals surface area contributed by atoms with E-state index in [1.165, 1.54) is 5.01 Å². The molecule has 1 fully saturated rings. The van der Waals surface area contributed by atoms with Crippen LogP contribution in [0.4, 0.5) is 0 Å². The molecule has 1 heterocycles. The molecule has 0 N–H and O–H groups in total. The third-order valence-corrected chi connectivity index (χ3v) is 5.58. The summed E-state index contributed by atoms with van der Waals surface area (Å²) in [6.07, 6.45) is 4.67. The molecule has 1 aliphatic heterocycles. The first-order valence-corrected chi connectivity index (χ1v) is 10.0. The fourth-order valence-electron chi connectivity index (χ4n) is 4.26. The third-order valence-electron chi connectivity index (χ3n) is 5.58. The highest BCUT2D eigenvalue weighted by Gasteiger charge is 2.43. The first-order valence-electron chi connectivity index (χ1n) is 10.0. The van der Waals surface area contributed by atoms with Gasteiger partial charge in [0.25, 0.3) is 0 Å². The van der Waals surface area contributed by atoms with Crippen molar-refractivity contribution >= 4 is 23.7 Å². The molecule has 1 aliphatic carbocycles. The second kappa shape index (κ2) is 8.43. The maximum Gasteiger partial charge on any atom is 0.243 e. The molecule has 4 rings (SSSR count). The van der Waals surface area contributed by atoms with Crippen LogP contribution in [0.5, 0.6) is 0 Å². The van der Waals surface area contributed by atoms with Gasteiger partial charge in [-0.3, -0.25) is 4.79 Å². The van der Waals surface area contributed by atoms with Gasteiger partial charge < -0.3 is 9.90 Å². The molecule has 2 atom stereocenters. The molecule has 29 heavy (non-hydrogen) atoms. The van der Waals surface area contributed by atoms with E-state index in [0.717, 1.165) is 41.7 Å². The SMILES string of the molecule is O=C([O-])CCC(=O)N1N=C2/C(=C/c3ccccc3)CCC[C@H]2[C@@H]1c1ccccc1. The zero-order valence-corrected chi connectivity index (χ0v) is 16.2. The number of allylic oxidation sites excluding steroid dienone is 1. The van der Waals surface area contributed by atoms with E-state index in [-0.39, 0.29) is 30.7 Å². The number of rotatable bonds is 5. The van der Waals surface area contributed by atoms with Crippen molar-refractivity contribution in [3.63, 3.8) is 0 Å². The van der Waals surface area contributed by atoms with Crippen molar-refractivity contribution < 1.29 is 14.7 Å². The number of carbonyl (C=O) groups excluding carboxylic acids is 2. The second-order valence-corrected chi connectivity index (χ2v) is 7.53. The van der Waals surface area contributed by atoms with Gasteiger partial charge in [-0.15, -0.1) is 0 Å². The van der Waals surface area contributed by atoms with Crippen LogP contribution in [-0.2, 0) is 9.59 Å². The van der Waals surface area contributed by atoms with Crippen LogP contribution < -0.4 is 5.11 Å². The summed E-state index contributed by atoms with van der Waals surface area (Å²) in [6.45, 7) is 0. The van der Waals surface area contributed by atoms with Gasteiger partial charge in [-0.2, -0.15) is 5.10 Å². The number of hydrazone groups is 1. The number of aliphatic carboxylic acids is 1. The van der Waals surface area contributed by atoms with Crippen molar-refractivity contribution in [1.29, 1.82) is 0 Å². The Morgan fingerprint density at radius 3 is 2.41 bits per heavy atom. The zero-order chi connectivity index (χ0) is 20.2. The molecule has 148 valence electrons. The predicted octanol–water partition coefficient (Wildman–Crippen LogP) is 3.34. The highest BCUT2D eigenvalue weighted by Crippen LogP contribution is 2.44. The number of amides is 1. The van der Waals surface area contributed by atoms with Gasteiger partial charge in [0.05, 0.1) is 11.8 Å². The van der Waals surface area contributed by atoms with E-state index in [9.17, 15) is 14.7 Å². The fourth-order valence-corrected chi connectivity index (χ4v) is 4.26. The molecule has 5 nitrogen and oxygen atoms in total. The molecule has 0 aromatic heterocycles. The molecule has 0 saturated heterocycles. The van der Waals surface area contributed by atoms with Crippen LogP contribution in [0.15, 0.2) is 71.3 Å². The van der Waals surface area contributed by atoms with Crippen LogP contribution in [0.2, 0.25) is 0 Å². The summed E-state index contributed by atoms with van der Waals surface area (Å²) in [6, 6.07) is 19.8. The van der Waals surface area contributed by atoms with Gasteiger partial charge in [0.15, 0.2) is 0 Å². The first-order chi connectivity index (χ1) is 14.1. The van der Waals surface area contributed by atoms with Crippen LogP contribution in [0.25, 0.3) is 6.08 Å². The minimum absolute atomic E-state index is 0.104. The van der Waals surface area contributed by atoms with Crippen molar-refractivity contribution in [2.45, 2.75) is 38.1 Å². The minimum Gasteiger partial charge on any atom is -0.550 e. The van der Waals surface area contributed by atoms with E-state index in [0.29, 0.717) is 0 Å². The van der Waals surface area contributed by atoms with Crippen LogP contribution in [0, 0.1) is 5.92 Å². The summed E-state index contributed by atoms with van der Waals surface area (Å²) in [5.41, 5.74) is 4.25. The van der Waals surface area contributed by atoms with Gasteiger partial charge in [0.1, 0.15) is 0 Å². The zero-order valence-electron chi connectivity index (χ0n) is 16.2. The van der Waals surface area contributed by atoms with E-state index in [1.54, 1.807) is 0 Å². The van der Waals surface area contributed by atoms with E-state index in [1.807, 2.05) is 48.5 Å². The number of carboxylic acid groups (broad SMARTS) is 1. The Kier molecular flexibility index (Phi) is 5.56. The number of hydrogen-bond donors (Lipinski definition) is 0. The molecule has 5 heteroatoms. The van der Waals surface area contributed by atoms with Crippen molar-refractivity contribution in [1.82, 2.24) is 5.01 Å². The quantitative estimate of drug-likeness (QED) is 0.790. The molecular weight excluding hydrogens is 364 g/mol. The standard InChI is InChI=1S/C24H24N2O3/c27-21(14-15-22(28)29)26-24(18-10-5-2-6-11-18)20-13-7-12-19(23(20)25-26)16-17-8-3-1-4-9-17/h1-6,8-11,16,20,24H,7,12-15H2,(H,28,29)/p-1/b19-16+/t20-,24+/m1/s1. The first kappa shape index (κ1) is 19.1. The van der Waals surface area contributed by atoms with E-state index in [2.05, 4.69) is 18.2 Å². The van der Waals surface area contributed by atoms with Crippen LogP contribution >= 0.6 is 0 Å². The molecule has 1 amide bonds. The Balaban J connectivity index is 1.70. The van der Waals surface area contributed by atoms with Crippen LogP contribution in [0.3, 0.4) is 0 Å². The van der Waals surface area contributed by atoms with Crippen LogP contribution in [-0.4, -0.2) is 22.6 Å². The number of carboxylic acids is 1. The summed E-state index contributed by atoms with van der Waals surface area (Å²) in [4.78, 5) is 23.7. The lowest BCUT2D eigenvalue weighted by Crippen LogP contribution is -2.33. The van der Waals surface area contributed by atoms with Crippen molar-refractivity contribution in [2.75, 3.05) is 0 Å². The molecule has 0 unspecified atom stereocenters. The summed E-state index contributed by atoms with van der Waals surface area (Å²) in [5.74, 6) is -1.37. The number of nitrogens with zero attached hydrogens (tertiary/aromatic N) is 2. The second-order valence-electron chi connectivity index (χ2n) is 7.53. The van der Waals surface area contributed by atoms with E-state index < -0.39 is 5.97 Å². The summed E-state index contributed by atoms with van der Waals surface area (Å²) < 4.78 is 0. The topological polar surface area (TPSA) is 72.8 Å². The monoisotopic (exact) mass is 387 g/mol. The number of fused-ring (bicyclic) bond motifs is 1. The molecule has 0 bridgehead atoms. The van der Waals surface area contributed by atoms with Crippen molar-refractivity contribution in [2.24, 2.45) is 11.0 Å². The minimum atomic E-state index is -1.22. The van der Waals surface area contributed by atoms with Gasteiger partial charge in [0, 0.05) is 18.3 Å². The summed E-state index contributed by atoms with van der Waals surface area (Å²) in [7, 11) is 0. The maximum absolute atomic E-state index is 12.9. The van der Waals surface area contributed by atoms with Gasteiger partial charge in [-0.1, -0.05) is 60.7 Å².